The highest BCUT2D eigenvalue weighted by Gasteiger charge is 2.11. The molecular weight excluding hydrogens is 442 g/mol. The second kappa shape index (κ2) is 12.1. The predicted octanol–water partition coefficient (Wildman–Crippen LogP) is 4.53. The van der Waals surface area contributed by atoms with Gasteiger partial charge >= 0.3 is 0 Å². The molecule has 0 heterocycles. The minimum atomic E-state index is -0.470. The summed E-state index contributed by atoms with van der Waals surface area (Å²) in [6, 6.07) is 21.7. The van der Waals surface area contributed by atoms with Gasteiger partial charge in [-0.2, -0.15) is 5.26 Å². The second-order valence-corrected chi connectivity index (χ2v) is 7.81. The van der Waals surface area contributed by atoms with E-state index >= 15 is 0 Å². The molecule has 2 N–H and O–H groups in total. The Morgan fingerprint density at radius 1 is 0.971 bits per heavy atom. The Labute approximate surface area is 205 Å². The van der Waals surface area contributed by atoms with Gasteiger partial charge in [0.1, 0.15) is 11.6 Å². The number of anilines is 1. The van der Waals surface area contributed by atoms with Crippen molar-refractivity contribution in [3.05, 3.63) is 94.6 Å². The molecule has 0 aromatic heterocycles. The van der Waals surface area contributed by atoms with E-state index < -0.39 is 5.91 Å². The molecule has 0 aliphatic heterocycles. The Kier molecular flexibility index (Phi) is 8.63. The molecule has 0 atom stereocenters. The van der Waals surface area contributed by atoms with Crippen LogP contribution in [0.25, 0.3) is 6.08 Å². The van der Waals surface area contributed by atoms with Crippen molar-refractivity contribution in [2.75, 3.05) is 26.1 Å². The van der Waals surface area contributed by atoms with Gasteiger partial charge < -0.3 is 20.1 Å². The number of nitrogens with one attached hydrogen (secondary N) is 2. The molecule has 3 aromatic rings. The van der Waals surface area contributed by atoms with Crippen molar-refractivity contribution in [2.45, 2.75) is 13.3 Å². The van der Waals surface area contributed by atoms with Crippen LogP contribution >= 0.6 is 0 Å². The lowest BCUT2D eigenvalue weighted by Gasteiger charge is -2.10. The van der Waals surface area contributed by atoms with Crippen LogP contribution in [0.15, 0.2) is 72.3 Å². The molecule has 0 fully saturated rings. The largest absolute Gasteiger partial charge is 0.493 e. The fraction of sp³-hybridized carbons (Fsp3) is 0.179. The number of hydrogen-bond acceptors (Lipinski definition) is 5. The molecule has 2 amide bonds. The molecule has 0 saturated carbocycles. The van der Waals surface area contributed by atoms with E-state index in [9.17, 15) is 14.9 Å². The predicted molar refractivity (Wildman–Crippen MR) is 135 cm³/mol. The van der Waals surface area contributed by atoms with Crippen LogP contribution in [-0.2, 0) is 11.2 Å². The Bertz CT molecular complexity index is 1270. The summed E-state index contributed by atoms with van der Waals surface area (Å²) >= 11 is 0. The molecule has 7 nitrogen and oxygen atoms in total. The first-order valence-corrected chi connectivity index (χ1v) is 11.0. The monoisotopic (exact) mass is 469 g/mol. The summed E-state index contributed by atoms with van der Waals surface area (Å²) in [4.78, 5) is 25.0. The quantitative estimate of drug-likeness (QED) is 0.354. The van der Waals surface area contributed by atoms with Gasteiger partial charge in [0.2, 0.25) is 0 Å². The minimum Gasteiger partial charge on any atom is -0.493 e. The number of ether oxygens (including phenoxy) is 2. The number of nitriles is 1. The maximum Gasteiger partial charge on any atom is 0.261 e. The Balaban J connectivity index is 1.62. The SMILES string of the molecule is COc1ccc(CCNC(=O)/C(C#N)=C/c2cccc(NC(=O)c3ccc(C)cc3)c2)cc1OC. The van der Waals surface area contributed by atoms with E-state index in [1.807, 2.05) is 37.3 Å². The highest BCUT2D eigenvalue weighted by Crippen LogP contribution is 2.27. The average molecular weight is 470 g/mol. The summed E-state index contributed by atoms with van der Waals surface area (Å²) in [5.74, 6) is 0.539. The second-order valence-electron chi connectivity index (χ2n) is 7.81. The molecule has 0 radical (unpaired) electrons. The van der Waals surface area contributed by atoms with Crippen LogP contribution in [-0.4, -0.2) is 32.6 Å². The van der Waals surface area contributed by atoms with Crippen LogP contribution in [0.5, 0.6) is 11.5 Å². The molecule has 0 unspecified atom stereocenters. The maximum atomic E-state index is 12.6. The number of hydrogen-bond donors (Lipinski definition) is 2. The van der Waals surface area contributed by atoms with Crippen LogP contribution in [0.2, 0.25) is 0 Å². The smallest absolute Gasteiger partial charge is 0.261 e. The number of benzene rings is 3. The summed E-state index contributed by atoms with van der Waals surface area (Å²) in [5, 5.41) is 15.1. The van der Waals surface area contributed by atoms with Crippen LogP contribution in [0.1, 0.15) is 27.0 Å². The van der Waals surface area contributed by atoms with Crippen molar-refractivity contribution >= 4 is 23.6 Å². The lowest BCUT2D eigenvalue weighted by atomic mass is 10.1. The molecule has 0 spiro atoms. The number of carbonyl (C=O) groups excluding carboxylic acids is 2. The van der Waals surface area contributed by atoms with E-state index in [1.54, 1.807) is 56.7 Å². The first-order chi connectivity index (χ1) is 16.9. The van der Waals surface area contributed by atoms with Gasteiger partial charge in [-0.05, 0) is 66.9 Å². The van der Waals surface area contributed by atoms with Crippen molar-refractivity contribution in [2.24, 2.45) is 0 Å². The Morgan fingerprint density at radius 2 is 1.71 bits per heavy atom. The van der Waals surface area contributed by atoms with Crippen LogP contribution in [0.4, 0.5) is 5.69 Å². The van der Waals surface area contributed by atoms with Gasteiger partial charge in [-0.25, -0.2) is 0 Å². The molecule has 0 saturated heterocycles. The lowest BCUT2D eigenvalue weighted by Crippen LogP contribution is -2.26. The van der Waals surface area contributed by atoms with Gasteiger partial charge in [0, 0.05) is 17.8 Å². The highest BCUT2D eigenvalue weighted by atomic mass is 16.5. The number of methoxy groups -OCH3 is 2. The molecule has 35 heavy (non-hydrogen) atoms. The summed E-state index contributed by atoms with van der Waals surface area (Å²) < 4.78 is 10.5. The third-order valence-electron chi connectivity index (χ3n) is 5.28. The standard InChI is InChI=1S/C28H27N3O4/c1-19-7-10-22(11-8-19)28(33)31-24-6-4-5-21(16-24)15-23(18-29)27(32)30-14-13-20-9-12-25(34-2)26(17-20)35-3/h4-12,15-17H,13-14H2,1-3H3,(H,30,32)(H,31,33)/b23-15+. The number of nitrogens with zero attached hydrogens (tertiary/aromatic N) is 1. The molecule has 0 aliphatic rings. The Morgan fingerprint density at radius 3 is 2.40 bits per heavy atom. The van der Waals surface area contributed by atoms with Crippen LogP contribution < -0.4 is 20.1 Å². The third-order valence-corrected chi connectivity index (χ3v) is 5.28. The summed E-state index contributed by atoms with van der Waals surface area (Å²) in [6.07, 6.45) is 2.05. The van der Waals surface area contributed by atoms with Gasteiger partial charge in [-0.15, -0.1) is 0 Å². The van der Waals surface area contributed by atoms with Crippen molar-refractivity contribution in [1.29, 1.82) is 5.26 Å². The summed E-state index contributed by atoms with van der Waals surface area (Å²) in [7, 11) is 3.14. The number of carbonyl (C=O) groups is 2. The topological polar surface area (TPSA) is 100 Å². The highest BCUT2D eigenvalue weighted by molar-refractivity contribution is 6.05. The maximum absolute atomic E-state index is 12.6. The third kappa shape index (κ3) is 6.95. The van der Waals surface area contributed by atoms with E-state index in [2.05, 4.69) is 10.6 Å². The van der Waals surface area contributed by atoms with E-state index in [0.717, 1.165) is 11.1 Å². The average Bonchev–Trinajstić information content (AvgIpc) is 2.87. The molecule has 7 heteroatoms. The van der Waals surface area contributed by atoms with Crippen LogP contribution in [0.3, 0.4) is 0 Å². The molecule has 0 bridgehead atoms. The zero-order valence-corrected chi connectivity index (χ0v) is 19.9. The Hall–Kier alpha value is -4.57. The first-order valence-electron chi connectivity index (χ1n) is 11.0. The van der Waals surface area contributed by atoms with Gasteiger partial charge in [-0.3, -0.25) is 9.59 Å². The van der Waals surface area contributed by atoms with Crippen molar-refractivity contribution in [3.63, 3.8) is 0 Å². The van der Waals surface area contributed by atoms with Crippen molar-refractivity contribution in [3.8, 4) is 17.6 Å². The minimum absolute atomic E-state index is 0.0284. The number of rotatable bonds is 9. The molecule has 0 aliphatic carbocycles. The van der Waals surface area contributed by atoms with E-state index in [-0.39, 0.29) is 11.5 Å². The van der Waals surface area contributed by atoms with Crippen LogP contribution in [0, 0.1) is 18.3 Å². The molecule has 3 rings (SSSR count). The first kappa shape index (κ1) is 25.1. The zero-order chi connectivity index (χ0) is 25.2. The number of aryl methyl sites for hydroxylation is 1. The lowest BCUT2D eigenvalue weighted by molar-refractivity contribution is -0.117. The molecular formula is C28H27N3O4. The zero-order valence-electron chi connectivity index (χ0n) is 19.9. The fourth-order valence-corrected chi connectivity index (χ4v) is 3.38. The number of amides is 2. The van der Waals surface area contributed by atoms with Gasteiger partial charge in [-0.1, -0.05) is 35.9 Å². The van der Waals surface area contributed by atoms with Gasteiger partial charge in [0.25, 0.3) is 11.8 Å². The van der Waals surface area contributed by atoms with Crippen molar-refractivity contribution in [1.82, 2.24) is 5.32 Å². The van der Waals surface area contributed by atoms with E-state index in [4.69, 9.17) is 9.47 Å². The van der Waals surface area contributed by atoms with E-state index in [1.165, 1.54) is 6.08 Å². The summed E-state index contributed by atoms with van der Waals surface area (Å²) in [6.45, 7) is 2.30. The normalized spacial score (nSPS) is 10.7. The van der Waals surface area contributed by atoms with Crippen molar-refractivity contribution < 1.29 is 19.1 Å². The molecule has 3 aromatic carbocycles. The fourth-order valence-electron chi connectivity index (χ4n) is 3.38. The molecule has 178 valence electrons. The summed E-state index contributed by atoms with van der Waals surface area (Å²) in [5.41, 5.74) is 3.73. The van der Waals surface area contributed by atoms with E-state index in [0.29, 0.717) is 41.3 Å². The van der Waals surface area contributed by atoms with Gasteiger partial charge in [0.15, 0.2) is 11.5 Å². The van der Waals surface area contributed by atoms with Gasteiger partial charge in [0.05, 0.1) is 14.2 Å².